The summed E-state index contributed by atoms with van der Waals surface area (Å²) in [5.41, 5.74) is 1.71. The van der Waals surface area contributed by atoms with Gasteiger partial charge in [0.25, 0.3) is 0 Å². The predicted molar refractivity (Wildman–Crippen MR) is 96.6 cm³/mol. The van der Waals surface area contributed by atoms with Gasteiger partial charge in [-0.05, 0) is 32.0 Å². The highest BCUT2D eigenvalue weighted by Gasteiger charge is 2.33. The molecular weight excluding hydrogens is 340 g/mol. The predicted octanol–water partition coefficient (Wildman–Crippen LogP) is 2.50. The van der Waals surface area contributed by atoms with E-state index in [-0.39, 0.29) is 24.4 Å². The molecule has 1 aliphatic rings. The summed E-state index contributed by atoms with van der Waals surface area (Å²) in [4.78, 5) is 28.4. The van der Waals surface area contributed by atoms with E-state index < -0.39 is 0 Å². The van der Waals surface area contributed by atoms with Gasteiger partial charge in [0, 0.05) is 37.4 Å². The van der Waals surface area contributed by atoms with Gasteiger partial charge in [-0.15, -0.1) is 0 Å². The van der Waals surface area contributed by atoms with Crippen LogP contribution in [0.3, 0.4) is 0 Å². The highest BCUT2D eigenvalue weighted by atomic mass is 35.5. The van der Waals surface area contributed by atoms with E-state index in [4.69, 9.17) is 11.6 Å². The molecule has 3 rings (SSSR count). The van der Waals surface area contributed by atoms with Crippen LogP contribution >= 0.6 is 11.6 Å². The SMILES string of the molecule is Cc1ccnn1CCC(=O)N1CC(=O)N(c2ccccc2Cl)CC1C. The Bertz CT molecular complexity index is 789. The summed E-state index contributed by atoms with van der Waals surface area (Å²) >= 11 is 6.21. The minimum atomic E-state index is -0.116. The molecule has 1 aromatic heterocycles. The van der Waals surface area contributed by atoms with E-state index in [2.05, 4.69) is 5.10 Å². The molecule has 0 N–H and O–H groups in total. The number of carbonyl (C=O) groups excluding carboxylic acids is 2. The highest BCUT2D eigenvalue weighted by molar-refractivity contribution is 6.33. The zero-order valence-corrected chi connectivity index (χ0v) is 15.1. The summed E-state index contributed by atoms with van der Waals surface area (Å²) < 4.78 is 1.80. The summed E-state index contributed by atoms with van der Waals surface area (Å²) in [6.07, 6.45) is 2.04. The third-order valence-electron chi connectivity index (χ3n) is 4.52. The summed E-state index contributed by atoms with van der Waals surface area (Å²) in [5.74, 6) is -0.149. The Hall–Kier alpha value is -2.34. The van der Waals surface area contributed by atoms with Crippen molar-refractivity contribution in [2.24, 2.45) is 0 Å². The fourth-order valence-electron chi connectivity index (χ4n) is 3.07. The summed E-state index contributed by atoms with van der Waals surface area (Å²) in [7, 11) is 0. The van der Waals surface area contributed by atoms with Crippen LogP contribution in [0.5, 0.6) is 0 Å². The lowest BCUT2D eigenvalue weighted by molar-refractivity contribution is -0.139. The Morgan fingerprint density at radius 2 is 2.08 bits per heavy atom. The van der Waals surface area contributed by atoms with Crippen LogP contribution in [-0.2, 0) is 16.1 Å². The number of piperazine rings is 1. The van der Waals surface area contributed by atoms with Gasteiger partial charge < -0.3 is 9.80 Å². The molecular formula is C18H21ClN4O2. The van der Waals surface area contributed by atoms with Crippen molar-refractivity contribution in [3.05, 3.63) is 47.2 Å². The van der Waals surface area contributed by atoms with Gasteiger partial charge >= 0.3 is 0 Å². The van der Waals surface area contributed by atoms with Crippen molar-refractivity contribution in [1.29, 1.82) is 0 Å². The average Bonchev–Trinajstić information content (AvgIpc) is 3.00. The Kier molecular flexibility index (Phi) is 5.08. The molecule has 6 nitrogen and oxygen atoms in total. The molecule has 2 heterocycles. The number of nitrogens with zero attached hydrogens (tertiary/aromatic N) is 4. The van der Waals surface area contributed by atoms with Crippen LogP contribution in [0.1, 0.15) is 19.0 Å². The topological polar surface area (TPSA) is 58.4 Å². The van der Waals surface area contributed by atoms with E-state index in [9.17, 15) is 9.59 Å². The van der Waals surface area contributed by atoms with Gasteiger partial charge in [0.15, 0.2) is 0 Å². The molecule has 2 amide bonds. The maximum absolute atomic E-state index is 12.6. The monoisotopic (exact) mass is 360 g/mol. The maximum Gasteiger partial charge on any atom is 0.246 e. The van der Waals surface area contributed by atoms with Crippen LogP contribution in [-0.4, -0.2) is 45.6 Å². The zero-order valence-electron chi connectivity index (χ0n) is 14.4. The lowest BCUT2D eigenvalue weighted by Gasteiger charge is -2.39. The smallest absolute Gasteiger partial charge is 0.246 e. The number of amides is 2. The maximum atomic E-state index is 12.6. The largest absolute Gasteiger partial charge is 0.329 e. The Labute approximate surface area is 152 Å². The lowest BCUT2D eigenvalue weighted by Crippen LogP contribution is -2.57. The molecule has 25 heavy (non-hydrogen) atoms. The molecule has 1 atom stereocenters. The van der Waals surface area contributed by atoms with Crippen molar-refractivity contribution >= 4 is 29.1 Å². The lowest BCUT2D eigenvalue weighted by atomic mass is 10.1. The van der Waals surface area contributed by atoms with E-state index >= 15 is 0 Å². The van der Waals surface area contributed by atoms with Crippen LogP contribution in [0.2, 0.25) is 5.02 Å². The fraction of sp³-hybridized carbons (Fsp3) is 0.389. The summed E-state index contributed by atoms with van der Waals surface area (Å²) in [6, 6.07) is 9.10. The molecule has 0 aliphatic carbocycles. The number of aryl methyl sites for hydroxylation is 2. The second-order valence-electron chi connectivity index (χ2n) is 6.27. The van der Waals surface area contributed by atoms with Crippen LogP contribution in [0.15, 0.2) is 36.5 Å². The number of hydrogen-bond donors (Lipinski definition) is 0. The first-order valence-electron chi connectivity index (χ1n) is 8.30. The van der Waals surface area contributed by atoms with Crippen LogP contribution in [0.25, 0.3) is 0 Å². The van der Waals surface area contributed by atoms with Gasteiger partial charge in [0.05, 0.1) is 10.7 Å². The van der Waals surface area contributed by atoms with Gasteiger partial charge in [0.1, 0.15) is 6.54 Å². The molecule has 1 fully saturated rings. The fourth-order valence-corrected chi connectivity index (χ4v) is 3.30. The minimum Gasteiger partial charge on any atom is -0.329 e. The van der Waals surface area contributed by atoms with E-state index in [1.54, 1.807) is 26.7 Å². The van der Waals surface area contributed by atoms with E-state index in [1.165, 1.54) is 0 Å². The molecule has 0 radical (unpaired) electrons. The second-order valence-corrected chi connectivity index (χ2v) is 6.68. The van der Waals surface area contributed by atoms with Gasteiger partial charge in [0.2, 0.25) is 11.8 Å². The number of benzene rings is 1. The first-order chi connectivity index (χ1) is 12.0. The number of hydrogen-bond acceptors (Lipinski definition) is 3. The van der Waals surface area contributed by atoms with Gasteiger partial charge in [-0.2, -0.15) is 5.10 Å². The van der Waals surface area contributed by atoms with Gasteiger partial charge in [-0.1, -0.05) is 23.7 Å². The van der Waals surface area contributed by atoms with Crippen LogP contribution in [0, 0.1) is 6.92 Å². The van der Waals surface area contributed by atoms with Crippen molar-refractivity contribution in [3.8, 4) is 0 Å². The summed E-state index contributed by atoms with van der Waals surface area (Å²) in [6.45, 7) is 4.93. The first kappa shape index (κ1) is 17.5. The van der Waals surface area contributed by atoms with E-state index in [0.29, 0.717) is 30.2 Å². The van der Waals surface area contributed by atoms with Crippen molar-refractivity contribution in [2.45, 2.75) is 32.9 Å². The van der Waals surface area contributed by atoms with Crippen molar-refractivity contribution < 1.29 is 9.59 Å². The second kappa shape index (κ2) is 7.27. The van der Waals surface area contributed by atoms with Gasteiger partial charge in [-0.25, -0.2) is 0 Å². The Morgan fingerprint density at radius 1 is 1.32 bits per heavy atom. The molecule has 1 aliphatic heterocycles. The molecule has 2 aromatic rings. The minimum absolute atomic E-state index is 0.0328. The van der Waals surface area contributed by atoms with E-state index in [0.717, 1.165) is 5.69 Å². The first-order valence-corrected chi connectivity index (χ1v) is 8.68. The molecule has 0 bridgehead atoms. The molecule has 7 heteroatoms. The van der Waals surface area contributed by atoms with Gasteiger partial charge in [-0.3, -0.25) is 14.3 Å². The quantitative estimate of drug-likeness (QED) is 0.841. The molecule has 1 unspecified atom stereocenters. The van der Waals surface area contributed by atoms with Crippen molar-refractivity contribution in [1.82, 2.24) is 14.7 Å². The van der Waals surface area contributed by atoms with Crippen LogP contribution < -0.4 is 4.90 Å². The molecule has 1 saturated heterocycles. The standard InChI is InChI=1S/C18H21ClN4O2/c1-13-7-9-20-23(13)10-8-17(24)21-12-18(25)22(11-14(21)2)16-6-4-3-5-15(16)19/h3-7,9,14H,8,10-12H2,1-2H3. The summed E-state index contributed by atoms with van der Waals surface area (Å²) in [5, 5.41) is 4.72. The van der Waals surface area contributed by atoms with Crippen LogP contribution in [0.4, 0.5) is 5.69 Å². The Morgan fingerprint density at radius 3 is 2.76 bits per heavy atom. The highest BCUT2D eigenvalue weighted by Crippen LogP contribution is 2.28. The van der Waals surface area contributed by atoms with Crippen molar-refractivity contribution in [2.75, 3.05) is 18.0 Å². The third-order valence-corrected chi connectivity index (χ3v) is 4.84. The number of halogens is 1. The molecule has 132 valence electrons. The molecule has 0 saturated carbocycles. The third kappa shape index (κ3) is 3.69. The number of rotatable bonds is 4. The zero-order chi connectivity index (χ0) is 18.0. The molecule has 1 aromatic carbocycles. The average molecular weight is 361 g/mol. The number of aromatic nitrogens is 2. The number of para-hydroxylation sites is 1. The van der Waals surface area contributed by atoms with E-state index in [1.807, 2.05) is 38.1 Å². The Balaban J connectivity index is 1.66. The molecule has 0 spiro atoms. The number of carbonyl (C=O) groups is 2. The number of anilines is 1. The van der Waals surface area contributed by atoms with Crippen molar-refractivity contribution in [3.63, 3.8) is 0 Å². The normalized spacial score (nSPS) is 17.9.